The van der Waals surface area contributed by atoms with Crippen LogP contribution in [0.15, 0.2) is 6.20 Å². The minimum atomic E-state index is 0.284. The number of nitrogens with zero attached hydrogens (tertiary/aromatic N) is 2. The van der Waals surface area contributed by atoms with Gasteiger partial charge in [-0.15, -0.1) is 0 Å². The largest absolute Gasteiger partial charge is 0.376 e. The summed E-state index contributed by atoms with van der Waals surface area (Å²) in [5.74, 6) is 0.935. The predicted octanol–water partition coefficient (Wildman–Crippen LogP) is 1.32. The molecule has 1 aliphatic rings. The van der Waals surface area contributed by atoms with Gasteiger partial charge in [0, 0.05) is 19.9 Å². The molecule has 1 saturated heterocycles. The van der Waals surface area contributed by atoms with Crippen LogP contribution in [-0.2, 0) is 11.8 Å². The lowest BCUT2D eigenvalue weighted by molar-refractivity contribution is 0.121. The fourth-order valence-corrected chi connectivity index (χ4v) is 1.84. The molecule has 0 spiro atoms. The molecule has 0 saturated carbocycles. The first-order chi connectivity index (χ1) is 6.66. The van der Waals surface area contributed by atoms with Crippen molar-refractivity contribution in [3.8, 4) is 0 Å². The minimum absolute atomic E-state index is 0.284. The fourth-order valence-electron chi connectivity index (χ4n) is 1.84. The van der Waals surface area contributed by atoms with Gasteiger partial charge in [-0.25, -0.2) is 4.98 Å². The molecule has 2 heterocycles. The molecule has 2 rings (SSSR count). The summed E-state index contributed by atoms with van der Waals surface area (Å²) in [7, 11) is 2.00. The summed E-state index contributed by atoms with van der Waals surface area (Å²) in [6, 6.07) is 0.399. The van der Waals surface area contributed by atoms with Gasteiger partial charge in [-0.05, 0) is 20.3 Å². The van der Waals surface area contributed by atoms with Gasteiger partial charge in [-0.2, -0.15) is 0 Å². The van der Waals surface area contributed by atoms with E-state index in [9.17, 15) is 0 Å². The zero-order valence-corrected chi connectivity index (χ0v) is 8.95. The number of aromatic nitrogens is 2. The molecule has 1 aromatic rings. The smallest absolute Gasteiger partial charge is 0.203 e. The highest BCUT2D eigenvalue weighted by atomic mass is 16.5. The second-order valence-corrected chi connectivity index (χ2v) is 3.93. The molecule has 1 fully saturated rings. The molecule has 0 aliphatic carbocycles. The third-order valence-corrected chi connectivity index (χ3v) is 2.69. The molecular weight excluding hydrogens is 178 g/mol. The molecule has 2 atom stereocenters. The van der Waals surface area contributed by atoms with Crippen LogP contribution in [0.2, 0.25) is 0 Å². The Morgan fingerprint density at radius 1 is 1.64 bits per heavy atom. The molecule has 78 valence electrons. The van der Waals surface area contributed by atoms with Crippen molar-refractivity contribution in [2.45, 2.75) is 32.4 Å². The van der Waals surface area contributed by atoms with Crippen molar-refractivity contribution in [3.63, 3.8) is 0 Å². The topological polar surface area (TPSA) is 39.1 Å². The van der Waals surface area contributed by atoms with E-state index in [0.717, 1.165) is 24.7 Å². The van der Waals surface area contributed by atoms with Crippen molar-refractivity contribution >= 4 is 5.95 Å². The second-order valence-electron chi connectivity index (χ2n) is 3.93. The van der Waals surface area contributed by atoms with E-state index in [1.165, 1.54) is 0 Å². The summed E-state index contributed by atoms with van der Waals surface area (Å²) in [4.78, 5) is 4.40. The molecule has 0 radical (unpaired) electrons. The number of nitrogens with one attached hydrogen (secondary N) is 1. The van der Waals surface area contributed by atoms with Gasteiger partial charge in [0.05, 0.1) is 17.8 Å². The monoisotopic (exact) mass is 195 g/mol. The van der Waals surface area contributed by atoms with Gasteiger partial charge in [0.25, 0.3) is 0 Å². The highest BCUT2D eigenvalue weighted by molar-refractivity contribution is 5.30. The van der Waals surface area contributed by atoms with Crippen LogP contribution in [0.5, 0.6) is 0 Å². The Bertz CT molecular complexity index is 321. The van der Waals surface area contributed by atoms with E-state index in [0.29, 0.717) is 6.04 Å². The van der Waals surface area contributed by atoms with Gasteiger partial charge >= 0.3 is 0 Å². The first-order valence-corrected chi connectivity index (χ1v) is 5.05. The van der Waals surface area contributed by atoms with Crippen molar-refractivity contribution in [3.05, 3.63) is 11.9 Å². The Balaban J connectivity index is 2.06. The van der Waals surface area contributed by atoms with Crippen LogP contribution in [0.3, 0.4) is 0 Å². The first kappa shape index (κ1) is 9.52. The lowest BCUT2D eigenvalue weighted by Gasteiger charge is -2.16. The van der Waals surface area contributed by atoms with E-state index in [-0.39, 0.29) is 6.10 Å². The van der Waals surface area contributed by atoms with Gasteiger partial charge in [0.1, 0.15) is 0 Å². The molecule has 1 aliphatic heterocycles. The third kappa shape index (κ3) is 1.75. The highest BCUT2D eigenvalue weighted by Crippen LogP contribution is 2.17. The molecule has 2 unspecified atom stereocenters. The second kappa shape index (κ2) is 3.61. The van der Waals surface area contributed by atoms with Crippen LogP contribution in [0, 0.1) is 6.92 Å². The zero-order chi connectivity index (χ0) is 10.1. The fraction of sp³-hybridized carbons (Fsp3) is 0.700. The van der Waals surface area contributed by atoms with Crippen LogP contribution in [0.25, 0.3) is 0 Å². The SMILES string of the molecule is Cc1cn(C)c(NC2CCOC2C)n1. The van der Waals surface area contributed by atoms with Gasteiger partial charge in [-0.3, -0.25) is 0 Å². The molecule has 1 aromatic heterocycles. The summed E-state index contributed by atoms with van der Waals surface area (Å²) in [6.07, 6.45) is 3.36. The normalized spacial score (nSPS) is 26.8. The number of aryl methyl sites for hydroxylation is 2. The molecule has 14 heavy (non-hydrogen) atoms. The third-order valence-electron chi connectivity index (χ3n) is 2.69. The lowest BCUT2D eigenvalue weighted by Crippen LogP contribution is -2.28. The Labute approximate surface area is 84.3 Å². The molecule has 0 aromatic carbocycles. The lowest BCUT2D eigenvalue weighted by atomic mass is 10.2. The maximum atomic E-state index is 5.48. The van der Waals surface area contributed by atoms with Gasteiger partial charge in [0.2, 0.25) is 5.95 Å². The van der Waals surface area contributed by atoms with Crippen LogP contribution < -0.4 is 5.32 Å². The van der Waals surface area contributed by atoms with E-state index in [1.807, 2.05) is 24.7 Å². The maximum absolute atomic E-state index is 5.48. The minimum Gasteiger partial charge on any atom is -0.376 e. The molecule has 0 bridgehead atoms. The number of hydrogen-bond donors (Lipinski definition) is 1. The van der Waals surface area contributed by atoms with Crippen LogP contribution in [0.1, 0.15) is 19.0 Å². The standard InChI is InChI=1S/C10H17N3O/c1-7-6-13(3)10(11-7)12-9-4-5-14-8(9)2/h6,8-9H,4-5H2,1-3H3,(H,11,12). The summed E-state index contributed by atoms with van der Waals surface area (Å²) in [5.41, 5.74) is 1.04. The van der Waals surface area contributed by atoms with Crippen molar-refractivity contribution < 1.29 is 4.74 Å². The quantitative estimate of drug-likeness (QED) is 0.773. The number of anilines is 1. The maximum Gasteiger partial charge on any atom is 0.203 e. The molecule has 0 amide bonds. The summed E-state index contributed by atoms with van der Waals surface area (Å²) < 4.78 is 7.50. The number of hydrogen-bond acceptors (Lipinski definition) is 3. The summed E-state index contributed by atoms with van der Waals surface area (Å²) in [5, 5.41) is 3.41. The van der Waals surface area contributed by atoms with Gasteiger partial charge in [0.15, 0.2) is 0 Å². The Hall–Kier alpha value is -1.03. The van der Waals surface area contributed by atoms with Crippen molar-refractivity contribution in [2.75, 3.05) is 11.9 Å². The van der Waals surface area contributed by atoms with E-state index in [4.69, 9.17) is 4.74 Å². The molecule has 1 N–H and O–H groups in total. The first-order valence-electron chi connectivity index (χ1n) is 5.05. The number of ether oxygens (including phenoxy) is 1. The molecular formula is C10H17N3O. The van der Waals surface area contributed by atoms with Crippen molar-refractivity contribution in [2.24, 2.45) is 7.05 Å². The summed E-state index contributed by atoms with van der Waals surface area (Å²) >= 11 is 0. The van der Waals surface area contributed by atoms with Crippen molar-refractivity contribution in [1.82, 2.24) is 9.55 Å². The molecule has 4 heteroatoms. The van der Waals surface area contributed by atoms with Gasteiger partial charge < -0.3 is 14.6 Å². The van der Waals surface area contributed by atoms with Crippen molar-refractivity contribution in [1.29, 1.82) is 0 Å². The average molecular weight is 195 g/mol. The summed E-state index contributed by atoms with van der Waals surface area (Å²) in [6.45, 7) is 4.95. The van der Waals surface area contributed by atoms with Crippen LogP contribution in [0.4, 0.5) is 5.95 Å². The van der Waals surface area contributed by atoms with Crippen LogP contribution >= 0.6 is 0 Å². The van der Waals surface area contributed by atoms with Gasteiger partial charge in [-0.1, -0.05) is 0 Å². The molecule has 4 nitrogen and oxygen atoms in total. The Morgan fingerprint density at radius 3 is 2.93 bits per heavy atom. The number of rotatable bonds is 2. The average Bonchev–Trinajstić information content (AvgIpc) is 2.62. The van der Waals surface area contributed by atoms with E-state index in [1.54, 1.807) is 0 Å². The highest BCUT2D eigenvalue weighted by Gasteiger charge is 2.24. The zero-order valence-electron chi connectivity index (χ0n) is 8.95. The van der Waals surface area contributed by atoms with E-state index >= 15 is 0 Å². The number of imidazole rings is 1. The van der Waals surface area contributed by atoms with E-state index in [2.05, 4.69) is 17.2 Å². The van der Waals surface area contributed by atoms with Crippen LogP contribution in [-0.4, -0.2) is 28.3 Å². The van der Waals surface area contributed by atoms with E-state index < -0.39 is 0 Å². The Morgan fingerprint density at radius 2 is 2.43 bits per heavy atom. The Kier molecular flexibility index (Phi) is 2.46. The predicted molar refractivity (Wildman–Crippen MR) is 55.4 cm³/mol.